The van der Waals surface area contributed by atoms with Gasteiger partial charge in [-0.15, -0.1) is 0 Å². The number of aromatic nitrogens is 3. The van der Waals surface area contributed by atoms with Crippen LogP contribution in [-0.4, -0.2) is 34.9 Å². The highest BCUT2D eigenvalue weighted by molar-refractivity contribution is 6.06. The number of hydrogen-bond acceptors (Lipinski definition) is 5. The second-order valence-electron chi connectivity index (χ2n) is 6.61. The van der Waals surface area contributed by atoms with Crippen molar-refractivity contribution in [3.63, 3.8) is 0 Å². The molecule has 4 aromatic rings. The summed E-state index contributed by atoms with van der Waals surface area (Å²) in [5, 5.41) is 7.57. The van der Waals surface area contributed by atoms with Crippen LogP contribution in [0.1, 0.15) is 16.1 Å². The summed E-state index contributed by atoms with van der Waals surface area (Å²) in [6.07, 6.45) is 1.40. The third kappa shape index (κ3) is 3.28. The Bertz CT molecular complexity index is 1290. The van der Waals surface area contributed by atoms with Gasteiger partial charge in [0.05, 0.1) is 36.7 Å². The Morgan fingerprint density at radius 1 is 1.10 bits per heavy atom. The smallest absolute Gasteiger partial charge is 0.261 e. The van der Waals surface area contributed by atoms with Crippen LogP contribution in [0.4, 0.5) is 5.69 Å². The number of hydrogen-bond donors (Lipinski definition) is 2. The van der Waals surface area contributed by atoms with Crippen molar-refractivity contribution in [3.8, 4) is 17.2 Å². The van der Waals surface area contributed by atoms with E-state index in [1.165, 1.54) is 13.3 Å². The molecule has 2 aromatic carbocycles. The Kier molecular flexibility index (Phi) is 4.97. The monoisotopic (exact) mass is 404 g/mol. The van der Waals surface area contributed by atoms with E-state index in [-0.39, 0.29) is 5.56 Å². The number of H-pyrrole nitrogens is 1. The normalized spacial score (nSPS) is 10.8. The third-order valence-electron chi connectivity index (χ3n) is 4.79. The van der Waals surface area contributed by atoms with E-state index in [1.54, 1.807) is 36.9 Å². The highest BCUT2D eigenvalue weighted by atomic mass is 16.5. The Morgan fingerprint density at radius 2 is 1.87 bits per heavy atom. The van der Waals surface area contributed by atoms with Gasteiger partial charge >= 0.3 is 0 Å². The second kappa shape index (κ2) is 7.75. The lowest BCUT2D eigenvalue weighted by Gasteiger charge is -2.11. The maximum atomic E-state index is 13.1. The molecule has 0 saturated carbocycles. The molecule has 1 amide bonds. The molecule has 0 bridgehead atoms. The van der Waals surface area contributed by atoms with Gasteiger partial charge in [0, 0.05) is 12.3 Å². The molecule has 152 valence electrons. The number of benzene rings is 2. The summed E-state index contributed by atoms with van der Waals surface area (Å²) in [5.74, 6) is 0.467. The molecule has 0 aliphatic heterocycles. The summed E-state index contributed by atoms with van der Waals surface area (Å²) >= 11 is 0. The average Bonchev–Trinajstić information content (AvgIpc) is 3.12. The van der Waals surface area contributed by atoms with Crippen molar-refractivity contribution >= 4 is 22.6 Å². The van der Waals surface area contributed by atoms with Gasteiger partial charge in [-0.3, -0.25) is 9.59 Å². The lowest BCUT2D eigenvalue weighted by molar-refractivity contribution is 0.102. The number of nitrogens with zero attached hydrogens (tertiary/aromatic N) is 2. The zero-order chi connectivity index (χ0) is 21.3. The van der Waals surface area contributed by atoms with Crippen LogP contribution in [0.3, 0.4) is 0 Å². The molecular formula is C22H20N4O4. The molecule has 0 unspecified atom stereocenters. The van der Waals surface area contributed by atoms with Crippen LogP contribution in [0, 0.1) is 6.92 Å². The van der Waals surface area contributed by atoms with Crippen LogP contribution in [-0.2, 0) is 0 Å². The first-order valence-corrected chi connectivity index (χ1v) is 9.23. The maximum absolute atomic E-state index is 13.1. The minimum atomic E-state index is -0.548. The number of ether oxygens (including phenoxy) is 2. The molecule has 2 aromatic heterocycles. The molecule has 0 fully saturated rings. The van der Waals surface area contributed by atoms with Gasteiger partial charge in [-0.1, -0.05) is 18.2 Å². The fraction of sp³-hybridized carbons (Fsp3) is 0.136. The predicted octanol–water partition coefficient (Wildman–Crippen LogP) is 3.29. The molecule has 0 aliphatic rings. The number of pyridine rings is 1. The molecule has 0 radical (unpaired) electrons. The Balaban J connectivity index is 1.74. The van der Waals surface area contributed by atoms with Gasteiger partial charge < -0.3 is 19.8 Å². The number of aryl methyl sites for hydroxylation is 1. The second-order valence-corrected chi connectivity index (χ2v) is 6.61. The lowest BCUT2D eigenvalue weighted by atomic mass is 10.1. The number of fused-ring (bicyclic) bond motifs is 1. The van der Waals surface area contributed by atoms with Crippen molar-refractivity contribution in [1.29, 1.82) is 0 Å². The number of anilines is 1. The number of amides is 1. The zero-order valence-electron chi connectivity index (χ0n) is 16.7. The predicted molar refractivity (Wildman–Crippen MR) is 114 cm³/mol. The fourth-order valence-electron chi connectivity index (χ4n) is 3.29. The van der Waals surface area contributed by atoms with Crippen molar-refractivity contribution in [2.24, 2.45) is 0 Å². The zero-order valence-corrected chi connectivity index (χ0v) is 16.7. The minimum absolute atomic E-state index is 0.0175. The Labute approximate surface area is 172 Å². The third-order valence-corrected chi connectivity index (χ3v) is 4.79. The van der Waals surface area contributed by atoms with Crippen LogP contribution < -0.4 is 20.2 Å². The number of carbonyl (C=O) groups excluding carboxylic acids is 1. The van der Waals surface area contributed by atoms with Gasteiger partial charge in [-0.25, -0.2) is 4.68 Å². The molecule has 4 rings (SSSR count). The SMILES string of the molecule is COc1ccc(NC(=O)c2c[nH]c3c(c(C)nn3-c3ccccc3)c2=O)c(OC)c1. The quantitative estimate of drug-likeness (QED) is 0.532. The number of methoxy groups -OCH3 is 2. The molecule has 2 N–H and O–H groups in total. The molecule has 8 heteroatoms. The minimum Gasteiger partial charge on any atom is -0.497 e. The van der Waals surface area contributed by atoms with E-state index in [9.17, 15) is 9.59 Å². The average molecular weight is 404 g/mol. The summed E-state index contributed by atoms with van der Waals surface area (Å²) < 4.78 is 12.1. The highest BCUT2D eigenvalue weighted by Crippen LogP contribution is 2.29. The summed E-state index contributed by atoms with van der Waals surface area (Å²) in [4.78, 5) is 29.0. The largest absolute Gasteiger partial charge is 0.497 e. The van der Waals surface area contributed by atoms with Gasteiger partial charge in [0.1, 0.15) is 22.7 Å². The van der Waals surface area contributed by atoms with Crippen molar-refractivity contribution in [1.82, 2.24) is 14.8 Å². The van der Waals surface area contributed by atoms with Gasteiger partial charge in [-0.05, 0) is 31.2 Å². The van der Waals surface area contributed by atoms with Crippen LogP contribution >= 0.6 is 0 Å². The van der Waals surface area contributed by atoms with Crippen LogP contribution in [0.15, 0.2) is 59.5 Å². The van der Waals surface area contributed by atoms with Crippen LogP contribution in [0.5, 0.6) is 11.5 Å². The molecule has 0 atom stereocenters. The number of rotatable bonds is 5. The van der Waals surface area contributed by atoms with Crippen molar-refractivity contribution in [3.05, 3.63) is 76.2 Å². The molecule has 0 aliphatic carbocycles. The molecule has 0 saturated heterocycles. The van der Waals surface area contributed by atoms with Gasteiger partial charge in [-0.2, -0.15) is 5.10 Å². The standard InChI is InChI=1S/C22H20N4O4/c1-13-19-20(27)16(12-23-21(19)26(25-13)14-7-5-4-6-8-14)22(28)24-17-10-9-15(29-2)11-18(17)30-3/h4-12H,1-3H3,(H,23,27)(H,24,28). The number of carbonyl (C=O) groups is 1. The van der Waals surface area contributed by atoms with Crippen molar-refractivity contribution in [2.75, 3.05) is 19.5 Å². The van der Waals surface area contributed by atoms with Gasteiger partial charge in [0.2, 0.25) is 5.43 Å². The first-order valence-electron chi connectivity index (χ1n) is 9.23. The van der Waals surface area contributed by atoms with Crippen molar-refractivity contribution < 1.29 is 14.3 Å². The summed E-state index contributed by atoms with van der Waals surface area (Å²) in [5.41, 5.74) is 1.89. The Hall–Kier alpha value is -4.07. The topological polar surface area (TPSA) is 98.2 Å². The van der Waals surface area contributed by atoms with E-state index in [4.69, 9.17) is 9.47 Å². The number of para-hydroxylation sites is 1. The maximum Gasteiger partial charge on any atom is 0.261 e. The van der Waals surface area contributed by atoms with E-state index < -0.39 is 11.3 Å². The molecule has 0 spiro atoms. The first kappa shape index (κ1) is 19.3. The molecule has 30 heavy (non-hydrogen) atoms. The fourth-order valence-corrected chi connectivity index (χ4v) is 3.29. The lowest BCUT2D eigenvalue weighted by Crippen LogP contribution is -2.22. The highest BCUT2D eigenvalue weighted by Gasteiger charge is 2.20. The van der Waals surface area contributed by atoms with Crippen molar-refractivity contribution in [2.45, 2.75) is 6.92 Å². The van der Waals surface area contributed by atoms with E-state index in [0.29, 0.717) is 33.9 Å². The summed E-state index contributed by atoms with van der Waals surface area (Å²) in [6.45, 7) is 1.74. The Morgan fingerprint density at radius 3 is 2.57 bits per heavy atom. The summed E-state index contributed by atoms with van der Waals surface area (Å²) in [7, 11) is 3.03. The summed E-state index contributed by atoms with van der Waals surface area (Å²) in [6, 6.07) is 14.5. The van der Waals surface area contributed by atoms with Gasteiger partial charge in [0.25, 0.3) is 5.91 Å². The number of nitrogens with one attached hydrogen (secondary N) is 2. The van der Waals surface area contributed by atoms with Gasteiger partial charge in [0.15, 0.2) is 0 Å². The number of aromatic amines is 1. The molecular weight excluding hydrogens is 384 g/mol. The van der Waals surface area contributed by atoms with E-state index >= 15 is 0 Å². The van der Waals surface area contributed by atoms with Crippen LogP contribution in [0.25, 0.3) is 16.7 Å². The first-order chi connectivity index (χ1) is 14.5. The van der Waals surface area contributed by atoms with E-state index in [2.05, 4.69) is 15.4 Å². The van der Waals surface area contributed by atoms with E-state index in [1.807, 2.05) is 30.3 Å². The van der Waals surface area contributed by atoms with Crippen LogP contribution in [0.2, 0.25) is 0 Å². The van der Waals surface area contributed by atoms with E-state index in [0.717, 1.165) is 5.69 Å². The molecule has 8 nitrogen and oxygen atoms in total. The molecule has 2 heterocycles.